The quantitative estimate of drug-likeness (QED) is 0.768. The number of halogens is 3. The first-order chi connectivity index (χ1) is 8.87. The molecule has 1 saturated carbocycles. The molecule has 0 bridgehead atoms. The van der Waals surface area contributed by atoms with Gasteiger partial charge < -0.3 is 5.32 Å². The number of carbonyl (C=O) groups excluding carboxylic acids is 1. The summed E-state index contributed by atoms with van der Waals surface area (Å²) < 4.78 is 29.6. The lowest BCUT2D eigenvalue weighted by molar-refractivity contribution is -0.114. The molecule has 1 aromatic rings. The molecule has 2 aliphatic rings. The minimum atomic E-state index is -2.89. The second-order valence-electron chi connectivity index (χ2n) is 5.42. The number of hydrogen-bond acceptors (Lipinski definition) is 1. The van der Waals surface area contributed by atoms with E-state index in [9.17, 15) is 13.6 Å². The van der Waals surface area contributed by atoms with Crippen LogP contribution in [0.3, 0.4) is 0 Å². The molecule has 1 aromatic carbocycles. The number of nitrogens with one attached hydrogen (secondary N) is 1. The largest absolute Gasteiger partial charge is 0.337 e. The summed E-state index contributed by atoms with van der Waals surface area (Å²) in [5, 5.41) is 2.58. The van der Waals surface area contributed by atoms with E-state index < -0.39 is 11.5 Å². The fourth-order valence-electron chi connectivity index (χ4n) is 3.32. The molecule has 0 aromatic heterocycles. The predicted molar refractivity (Wildman–Crippen MR) is 71.4 cm³/mol. The Hall–Kier alpha value is -0.970. The lowest BCUT2D eigenvalue weighted by Gasteiger charge is -2.41. The van der Waals surface area contributed by atoms with E-state index in [1.807, 2.05) is 0 Å². The molecule has 0 radical (unpaired) electrons. The number of benzene rings is 1. The maximum Gasteiger partial charge on any atom is 0.274 e. The average molecular weight is 330 g/mol. The molecule has 1 aliphatic heterocycles. The van der Waals surface area contributed by atoms with Gasteiger partial charge in [-0.05, 0) is 43.0 Å². The van der Waals surface area contributed by atoms with Crippen molar-refractivity contribution in [1.82, 2.24) is 5.32 Å². The standard InChI is InChI=1S/C14H14BrF2NO/c1-8-6-9(15)7-10-11(8)12(19)18-13(10)4-2-3-5-14(13,16)17/h6-7H,2-5H2,1H3,(H,18,19). The van der Waals surface area contributed by atoms with Crippen LogP contribution in [0.25, 0.3) is 0 Å². The highest BCUT2D eigenvalue weighted by Crippen LogP contribution is 2.52. The zero-order valence-corrected chi connectivity index (χ0v) is 12.1. The smallest absolute Gasteiger partial charge is 0.274 e. The van der Waals surface area contributed by atoms with Gasteiger partial charge in [0, 0.05) is 16.5 Å². The third kappa shape index (κ3) is 1.67. The fourth-order valence-corrected chi connectivity index (χ4v) is 3.90. The molecule has 0 saturated heterocycles. The summed E-state index contributed by atoms with van der Waals surface area (Å²) in [7, 11) is 0. The maximum atomic E-state index is 14.5. The Bertz CT molecular complexity index is 573. The zero-order valence-electron chi connectivity index (χ0n) is 10.5. The van der Waals surface area contributed by atoms with Gasteiger partial charge in [-0.1, -0.05) is 22.4 Å². The van der Waals surface area contributed by atoms with Crippen molar-refractivity contribution in [2.24, 2.45) is 0 Å². The Balaban J connectivity index is 2.26. The Labute approximate surface area is 118 Å². The van der Waals surface area contributed by atoms with E-state index in [1.54, 1.807) is 19.1 Å². The number of aryl methyl sites for hydroxylation is 1. The number of hydrogen-bond donors (Lipinski definition) is 1. The van der Waals surface area contributed by atoms with E-state index in [2.05, 4.69) is 21.2 Å². The molecule has 102 valence electrons. The number of alkyl halides is 2. The fraction of sp³-hybridized carbons (Fsp3) is 0.500. The van der Waals surface area contributed by atoms with E-state index in [0.717, 1.165) is 10.0 Å². The highest BCUT2D eigenvalue weighted by Gasteiger charge is 2.60. The average Bonchev–Trinajstić information content (AvgIpc) is 2.58. The molecule has 1 spiro atoms. The summed E-state index contributed by atoms with van der Waals surface area (Å²) in [6.07, 6.45) is 1.35. The van der Waals surface area contributed by atoms with Crippen molar-refractivity contribution in [1.29, 1.82) is 0 Å². The van der Waals surface area contributed by atoms with Gasteiger partial charge in [0.15, 0.2) is 0 Å². The number of fused-ring (bicyclic) bond motifs is 2. The summed E-state index contributed by atoms with van der Waals surface area (Å²) >= 11 is 3.34. The summed E-state index contributed by atoms with van der Waals surface area (Å²) in [6, 6.07) is 3.46. The molecule has 1 aliphatic carbocycles. The van der Waals surface area contributed by atoms with Gasteiger partial charge in [0.1, 0.15) is 5.54 Å². The van der Waals surface area contributed by atoms with Gasteiger partial charge >= 0.3 is 0 Å². The van der Waals surface area contributed by atoms with Crippen molar-refractivity contribution < 1.29 is 13.6 Å². The highest BCUT2D eigenvalue weighted by molar-refractivity contribution is 9.10. The van der Waals surface area contributed by atoms with E-state index >= 15 is 0 Å². The summed E-state index contributed by atoms with van der Waals surface area (Å²) in [4.78, 5) is 12.1. The van der Waals surface area contributed by atoms with Crippen LogP contribution < -0.4 is 5.32 Å². The van der Waals surface area contributed by atoms with Crippen molar-refractivity contribution in [3.8, 4) is 0 Å². The molecule has 5 heteroatoms. The first kappa shape index (κ1) is 13.0. The first-order valence-electron chi connectivity index (χ1n) is 6.38. The molecular weight excluding hydrogens is 316 g/mol. The van der Waals surface area contributed by atoms with E-state index in [0.29, 0.717) is 30.4 Å². The Kier molecular flexibility index (Phi) is 2.75. The molecule has 1 atom stereocenters. The van der Waals surface area contributed by atoms with E-state index in [-0.39, 0.29) is 12.3 Å². The van der Waals surface area contributed by atoms with Crippen LogP contribution in [0.4, 0.5) is 8.78 Å². The third-order valence-electron chi connectivity index (χ3n) is 4.23. The highest BCUT2D eigenvalue weighted by atomic mass is 79.9. The van der Waals surface area contributed by atoms with Crippen molar-refractivity contribution in [3.63, 3.8) is 0 Å². The van der Waals surface area contributed by atoms with Crippen LogP contribution >= 0.6 is 15.9 Å². The SMILES string of the molecule is Cc1cc(Br)cc2c1C(=O)NC21CCCCC1(F)F. The summed E-state index contributed by atoms with van der Waals surface area (Å²) in [5.41, 5.74) is 0.102. The minimum absolute atomic E-state index is 0.168. The Morgan fingerprint density at radius 2 is 1.95 bits per heavy atom. The molecule has 1 amide bonds. The van der Waals surface area contributed by atoms with Gasteiger partial charge in [-0.15, -0.1) is 0 Å². The van der Waals surface area contributed by atoms with Crippen LogP contribution in [0, 0.1) is 6.92 Å². The molecule has 19 heavy (non-hydrogen) atoms. The lowest BCUT2D eigenvalue weighted by Crippen LogP contribution is -2.55. The van der Waals surface area contributed by atoms with Crippen LogP contribution in [0.2, 0.25) is 0 Å². The van der Waals surface area contributed by atoms with Crippen LogP contribution in [-0.2, 0) is 5.54 Å². The van der Waals surface area contributed by atoms with Gasteiger partial charge in [-0.25, -0.2) is 8.78 Å². The van der Waals surface area contributed by atoms with Crippen LogP contribution in [0.15, 0.2) is 16.6 Å². The van der Waals surface area contributed by atoms with Gasteiger partial charge in [-0.2, -0.15) is 0 Å². The van der Waals surface area contributed by atoms with Crippen molar-refractivity contribution >= 4 is 21.8 Å². The molecule has 3 rings (SSSR count). The molecular formula is C14H14BrF2NO. The van der Waals surface area contributed by atoms with Crippen LogP contribution in [0.1, 0.15) is 47.2 Å². The van der Waals surface area contributed by atoms with Gasteiger partial charge in [-0.3, -0.25) is 4.79 Å². The van der Waals surface area contributed by atoms with Crippen molar-refractivity contribution in [2.75, 3.05) is 0 Å². The van der Waals surface area contributed by atoms with Gasteiger partial charge in [0.2, 0.25) is 0 Å². The van der Waals surface area contributed by atoms with E-state index in [1.165, 1.54) is 0 Å². The van der Waals surface area contributed by atoms with E-state index in [4.69, 9.17) is 0 Å². The van der Waals surface area contributed by atoms with Crippen LogP contribution in [-0.4, -0.2) is 11.8 Å². The summed E-state index contributed by atoms with van der Waals surface area (Å²) in [5.74, 6) is -3.26. The number of carbonyl (C=O) groups is 1. The molecule has 1 fully saturated rings. The Morgan fingerprint density at radius 1 is 1.26 bits per heavy atom. The Morgan fingerprint density at radius 3 is 2.63 bits per heavy atom. The summed E-state index contributed by atoms with van der Waals surface area (Å²) in [6.45, 7) is 1.78. The first-order valence-corrected chi connectivity index (χ1v) is 7.18. The lowest BCUT2D eigenvalue weighted by atomic mass is 9.74. The normalized spacial score (nSPS) is 28.3. The molecule has 1 heterocycles. The van der Waals surface area contributed by atoms with Crippen molar-refractivity contribution in [3.05, 3.63) is 33.3 Å². The second kappa shape index (κ2) is 4.01. The molecule has 1 unspecified atom stereocenters. The monoisotopic (exact) mass is 329 g/mol. The van der Waals surface area contributed by atoms with Gasteiger partial charge in [0.25, 0.3) is 11.8 Å². The zero-order chi connectivity index (χ0) is 13.8. The maximum absolute atomic E-state index is 14.5. The minimum Gasteiger partial charge on any atom is -0.337 e. The topological polar surface area (TPSA) is 29.1 Å². The van der Waals surface area contributed by atoms with Crippen molar-refractivity contribution in [2.45, 2.75) is 44.1 Å². The number of rotatable bonds is 0. The van der Waals surface area contributed by atoms with Crippen LogP contribution in [0.5, 0.6) is 0 Å². The predicted octanol–water partition coefficient (Wildman–Crippen LogP) is 3.91. The van der Waals surface area contributed by atoms with Gasteiger partial charge in [0.05, 0.1) is 0 Å². The number of amides is 1. The molecule has 2 nitrogen and oxygen atoms in total. The molecule has 1 N–H and O–H groups in total. The second-order valence-corrected chi connectivity index (χ2v) is 6.33. The third-order valence-corrected chi connectivity index (χ3v) is 4.69.